The van der Waals surface area contributed by atoms with E-state index in [1.165, 1.54) is 0 Å². The SMILES string of the molecule is Cc1cccc(-n2nc3c(c2NC(=O)C2CC(=O)N(c4ccccc4)C2)CSC3)c1. The molecule has 1 fully saturated rings. The number of aromatic nitrogens is 2. The molecule has 2 aliphatic rings. The molecule has 0 bridgehead atoms. The molecule has 6 nitrogen and oxygen atoms in total. The predicted molar refractivity (Wildman–Crippen MR) is 119 cm³/mol. The Kier molecular flexibility index (Phi) is 4.83. The smallest absolute Gasteiger partial charge is 0.230 e. The number of carbonyl (C=O) groups excluding carboxylic acids is 2. The maximum atomic E-state index is 13.1. The molecule has 5 rings (SSSR count). The van der Waals surface area contributed by atoms with Crippen LogP contribution in [0.2, 0.25) is 0 Å². The number of nitrogens with zero attached hydrogens (tertiary/aromatic N) is 3. The Balaban J connectivity index is 1.41. The van der Waals surface area contributed by atoms with Gasteiger partial charge in [-0.1, -0.05) is 30.3 Å². The van der Waals surface area contributed by atoms with E-state index in [1.807, 2.05) is 60.1 Å². The number of amides is 2. The van der Waals surface area contributed by atoms with Crippen molar-refractivity contribution in [2.45, 2.75) is 24.9 Å². The first-order chi connectivity index (χ1) is 14.6. The van der Waals surface area contributed by atoms with Gasteiger partial charge in [-0.3, -0.25) is 9.59 Å². The van der Waals surface area contributed by atoms with E-state index in [1.54, 1.807) is 16.7 Å². The summed E-state index contributed by atoms with van der Waals surface area (Å²) >= 11 is 1.80. The van der Waals surface area contributed by atoms with Crippen molar-refractivity contribution in [3.8, 4) is 5.69 Å². The first kappa shape index (κ1) is 18.9. The van der Waals surface area contributed by atoms with Gasteiger partial charge in [0.05, 0.1) is 17.3 Å². The number of rotatable bonds is 4. The second-order valence-electron chi connectivity index (χ2n) is 7.75. The van der Waals surface area contributed by atoms with Crippen molar-refractivity contribution in [3.63, 3.8) is 0 Å². The maximum Gasteiger partial charge on any atom is 0.230 e. The molecule has 1 saturated heterocycles. The highest BCUT2D eigenvalue weighted by Crippen LogP contribution is 2.37. The van der Waals surface area contributed by atoms with Crippen molar-refractivity contribution in [2.24, 2.45) is 5.92 Å². The van der Waals surface area contributed by atoms with Crippen molar-refractivity contribution in [3.05, 3.63) is 71.4 Å². The number of nitrogens with one attached hydrogen (secondary N) is 1. The fourth-order valence-electron chi connectivity index (χ4n) is 4.05. The lowest BCUT2D eigenvalue weighted by Crippen LogP contribution is -2.28. The van der Waals surface area contributed by atoms with Crippen molar-refractivity contribution in [1.82, 2.24) is 9.78 Å². The van der Waals surface area contributed by atoms with Crippen LogP contribution in [0.25, 0.3) is 5.69 Å². The molecule has 3 aromatic rings. The molecule has 1 unspecified atom stereocenters. The summed E-state index contributed by atoms with van der Waals surface area (Å²) in [6.07, 6.45) is 0.219. The van der Waals surface area contributed by atoms with Crippen LogP contribution < -0.4 is 10.2 Å². The summed E-state index contributed by atoms with van der Waals surface area (Å²) in [5, 5.41) is 7.88. The van der Waals surface area contributed by atoms with Crippen LogP contribution in [0.5, 0.6) is 0 Å². The van der Waals surface area contributed by atoms with E-state index in [0.717, 1.165) is 45.5 Å². The van der Waals surface area contributed by atoms with E-state index in [4.69, 9.17) is 5.10 Å². The standard InChI is InChI=1S/C23H22N4O2S/c1-15-6-5-9-18(10-15)27-22(19-13-30-14-20(19)25-27)24-23(29)16-11-21(28)26(12-16)17-7-3-2-4-8-17/h2-10,16H,11-14H2,1H3,(H,24,29). The molecule has 0 radical (unpaired) electrons. The van der Waals surface area contributed by atoms with E-state index in [-0.39, 0.29) is 24.2 Å². The average Bonchev–Trinajstić information content (AvgIpc) is 3.44. The molecule has 3 heterocycles. The molecule has 0 spiro atoms. The molecular formula is C23H22N4O2S. The molecule has 152 valence electrons. The maximum absolute atomic E-state index is 13.1. The van der Waals surface area contributed by atoms with E-state index >= 15 is 0 Å². The fourth-order valence-corrected chi connectivity index (χ4v) is 5.08. The van der Waals surface area contributed by atoms with Gasteiger partial charge in [-0.25, -0.2) is 4.68 Å². The number of fused-ring (bicyclic) bond motifs is 1. The first-order valence-corrected chi connectivity index (χ1v) is 11.2. The van der Waals surface area contributed by atoms with Crippen LogP contribution in [0.3, 0.4) is 0 Å². The number of hydrogen-bond donors (Lipinski definition) is 1. The zero-order valence-electron chi connectivity index (χ0n) is 16.7. The van der Waals surface area contributed by atoms with Gasteiger partial charge in [-0.05, 0) is 36.8 Å². The van der Waals surface area contributed by atoms with Crippen LogP contribution in [0.15, 0.2) is 54.6 Å². The quantitative estimate of drug-likeness (QED) is 0.697. The highest BCUT2D eigenvalue weighted by atomic mass is 32.2. The highest BCUT2D eigenvalue weighted by Gasteiger charge is 2.36. The number of hydrogen-bond acceptors (Lipinski definition) is 4. The first-order valence-electron chi connectivity index (χ1n) is 10.0. The van der Waals surface area contributed by atoms with E-state index < -0.39 is 0 Å². The Morgan fingerprint density at radius 2 is 1.90 bits per heavy atom. The van der Waals surface area contributed by atoms with Gasteiger partial charge < -0.3 is 10.2 Å². The number of benzene rings is 2. The number of para-hydroxylation sites is 1. The van der Waals surface area contributed by atoms with Crippen LogP contribution in [-0.2, 0) is 21.1 Å². The molecule has 0 saturated carbocycles. The van der Waals surface area contributed by atoms with Crippen molar-refractivity contribution >= 4 is 35.1 Å². The largest absolute Gasteiger partial charge is 0.312 e. The molecule has 2 amide bonds. The topological polar surface area (TPSA) is 67.2 Å². The third-order valence-electron chi connectivity index (χ3n) is 5.60. The molecule has 1 aromatic heterocycles. The van der Waals surface area contributed by atoms with Crippen LogP contribution in [0, 0.1) is 12.8 Å². The summed E-state index contributed by atoms with van der Waals surface area (Å²) in [4.78, 5) is 27.4. The summed E-state index contributed by atoms with van der Waals surface area (Å²) in [6, 6.07) is 17.6. The number of carbonyl (C=O) groups is 2. The zero-order valence-corrected chi connectivity index (χ0v) is 17.5. The van der Waals surface area contributed by atoms with Crippen molar-refractivity contribution in [1.29, 1.82) is 0 Å². The van der Waals surface area contributed by atoms with Gasteiger partial charge >= 0.3 is 0 Å². The second-order valence-corrected chi connectivity index (χ2v) is 8.73. The lowest BCUT2D eigenvalue weighted by molar-refractivity contribution is -0.122. The third kappa shape index (κ3) is 3.39. The molecule has 1 N–H and O–H groups in total. The van der Waals surface area contributed by atoms with Gasteiger partial charge in [-0.2, -0.15) is 16.9 Å². The van der Waals surface area contributed by atoms with Gasteiger partial charge in [0.25, 0.3) is 0 Å². The zero-order chi connectivity index (χ0) is 20.7. The summed E-state index contributed by atoms with van der Waals surface area (Å²) in [5.41, 5.74) is 5.00. The van der Waals surface area contributed by atoms with Crippen molar-refractivity contribution < 1.29 is 9.59 Å². The summed E-state index contributed by atoms with van der Waals surface area (Å²) in [6.45, 7) is 2.43. The molecule has 0 aliphatic carbocycles. The van der Waals surface area contributed by atoms with E-state index in [2.05, 4.69) is 11.4 Å². The molecule has 2 aromatic carbocycles. The van der Waals surface area contributed by atoms with Crippen LogP contribution >= 0.6 is 11.8 Å². The minimum Gasteiger partial charge on any atom is -0.312 e. The molecular weight excluding hydrogens is 396 g/mol. The average molecular weight is 419 g/mol. The number of aryl methyl sites for hydroxylation is 1. The fraction of sp³-hybridized carbons (Fsp3) is 0.261. The summed E-state index contributed by atoms with van der Waals surface area (Å²) in [7, 11) is 0. The normalized spacial score (nSPS) is 18.0. The van der Waals surface area contributed by atoms with Crippen molar-refractivity contribution in [2.75, 3.05) is 16.8 Å². The van der Waals surface area contributed by atoms with E-state index in [9.17, 15) is 9.59 Å². The molecule has 2 aliphatic heterocycles. The Morgan fingerprint density at radius 3 is 2.70 bits per heavy atom. The van der Waals surface area contributed by atoms with Crippen LogP contribution in [0.4, 0.5) is 11.5 Å². The van der Waals surface area contributed by atoms with Gasteiger partial charge in [0.2, 0.25) is 11.8 Å². The van der Waals surface area contributed by atoms with E-state index in [0.29, 0.717) is 6.54 Å². The predicted octanol–water partition coefficient (Wildman–Crippen LogP) is 3.92. The number of anilines is 2. The lowest BCUT2D eigenvalue weighted by Gasteiger charge is -2.17. The van der Waals surface area contributed by atoms with Gasteiger partial charge in [0.15, 0.2) is 0 Å². The lowest BCUT2D eigenvalue weighted by atomic mass is 10.1. The van der Waals surface area contributed by atoms with Gasteiger partial charge in [-0.15, -0.1) is 0 Å². The molecule has 7 heteroatoms. The van der Waals surface area contributed by atoms with Crippen LogP contribution in [-0.4, -0.2) is 28.1 Å². The Bertz CT molecular complexity index is 1130. The summed E-state index contributed by atoms with van der Waals surface area (Å²) in [5.74, 6) is 1.88. The third-order valence-corrected chi connectivity index (χ3v) is 6.57. The minimum atomic E-state index is -0.386. The monoisotopic (exact) mass is 418 g/mol. The Morgan fingerprint density at radius 1 is 1.10 bits per heavy atom. The van der Waals surface area contributed by atoms with Crippen LogP contribution in [0.1, 0.15) is 23.2 Å². The highest BCUT2D eigenvalue weighted by molar-refractivity contribution is 7.98. The minimum absolute atomic E-state index is 0.0191. The Hall–Kier alpha value is -3.06. The Labute approximate surface area is 179 Å². The summed E-state index contributed by atoms with van der Waals surface area (Å²) < 4.78 is 1.83. The molecule has 30 heavy (non-hydrogen) atoms. The molecule has 1 atom stereocenters. The van der Waals surface area contributed by atoms with Gasteiger partial charge in [0.1, 0.15) is 5.82 Å². The second kappa shape index (κ2) is 7.65. The number of thioether (sulfide) groups is 1. The van der Waals surface area contributed by atoms with Gasteiger partial charge in [0, 0.05) is 35.7 Å².